The minimum absolute atomic E-state index is 0.0513. The van der Waals surface area contributed by atoms with E-state index < -0.39 is 24.8 Å². The number of ketones is 1. The lowest BCUT2D eigenvalue weighted by Crippen LogP contribution is -2.14. The fourth-order valence-electron chi connectivity index (χ4n) is 1.57. The molecule has 7 heteroatoms. The number of aromatic nitrogens is 3. The monoisotopic (exact) mass is 269 g/mol. The summed E-state index contributed by atoms with van der Waals surface area (Å²) in [4.78, 5) is 11.7. The van der Waals surface area contributed by atoms with Crippen LogP contribution in [0.15, 0.2) is 36.5 Å². The Morgan fingerprint density at radius 2 is 1.89 bits per heavy atom. The summed E-state index contributed by atoms with van der Waals surface area (Å²) in [6, 6.07) is 8.64. The lowest BCUT2D eigenvalue weighted by molar-refractivity contribution is -0.133. The molecule has 0 saturated heterocycles. The Bertz CT molecular complexity index is 563. The smallest absolute Gasteiger partial charge is 0.292 e. The van der Waals surface area contributed by atoms with Crippen LogP contribution in [-0.4, -0.2) is 27.0 Å². The van der Waals surface area contributed by atoms with Gasteiger partial charge in [-0.2, -0.15) is 13.2 Å². The van der Waals surface area contributed by atoms with Crippen molar-refractivity contribution in [1.29, 1.82) is 0 Å². The zero-order valence-electron chi connectivity index (χ0n) is 9.76. The number of rotatable bonds is 4. The maximum atomic E-state index is 12.1. The molecule has 0 spiro atoms. The van der Waals surface area contributed by atoms with Crippen LogP contribution in [0.2, 0.25) is 0 Å². The van der Waals surface area contributed by atoms with Crippen LogP contribution in [0.5, 0.6) is 0 Å². The van der Waals surface area contributed by atoms with Crippen molar-refractivity contribution < 1.29 is 18.0 Å². The highest BCUT2D eigenvalue weighted by atomic mass is 19.4. The molecule has 0 saturated carbocycles. The highest BCUT2D eigenvalue weighted by molar-refractivity contribution is 5.94. The molecule has 4 nitrogen and oxygen atoms in total. The van der Waals surface area contributed by atoms with E-state index in [4.69, 9.17) is 0 Å². The van der Waals surface area contributed by atoms with E-state index in [0.717, 1.165) is 0 Å². The second-order valence-corrected chi connectivity index (χ2v) is 3.90. The van der Waals surface area contributed by atoms with E-state index in [1.807, 2.05) is 0 Å². The molecule has 0 amide bonds. The molecule has 1 aromatic carbocycles. The average molecular weight is 269 g/mol. The van der Waals surface area contributed by atoms with E-state index in [-0.39, 0.29) is 5.69 Å². The lowest BCUT2D eigenvalue weighted by atomic mass is 10.1. The second kappa shape index (κ2) is 5.21. The number of hydrogen-bond donors (Lipinski definition) is 0. The normalized spacial score (nSPS) is 11.5. The summed E-state index contributed by atoms with van der Waals surface area (Å²) in [5.74, 6) is -0.633. The Balaban J connectivity index is 2.18. The van der Waals surface area contributed by atoms with Crippen molar-refractivity contribution in [2.24, 2.45) is 0 Å². The van der Waals surface area contributed by atoms with Gasteiger partial charge in [-0.1, -0.05) is 23.4 Å². The van der Waals surface area contributed by atoms with Gasteiger partial charge in [-0.05, 0) is 12.1 Å². The third-order valence-electron chi connectivity index (χ3n) is 2.47. The number of nitrogens with zero attached hydrogens (tertiary/aromatic N) is 3. The highest BCUT2D eigenvalue weighted by Crippen LogP contribution is 2.22. The largest absolute Gasteiger partial charge is 0.389 e. The summed E-state index contributed by atoms with van der Waals surface area (Å²) in [6.45, 7) is 0. The van der Waals surface area contributed by atoms with Crippen molar-refractivity contribution in [2.45, 2.75) is 19.0 Å². The number of carbonyl (C=O) groups is 1. The average Bonchev–Trinajstić information content (AvgIpc) is 2.85. The third-order valence-corrected chi connectivity index (χ3v) is 2.47. The maximum Gasteiger partial charge on any atom is 0.389 e. The molecule has 0 aliphatic carbocycles. The van der Waals surface area contributed by atoms with Gasteiger partial charge in [0.1, 0.15) is 5.69 Å². The summed E-state index contributed by atoms with van der Waals surface area (Å²) in [5, 5.41) is 7.29. The predicted molar refractivity (Wildman–Crippen MR) is 61.0 cm³/mol. The molecule has 2 rings (SSSR count). The topological polar surface area (TPSA) is 47.8 Å². The first-order valence-corrected chi connectivity index (χ1v) is 5.53. The quantitative estimate of drug-likeness (QED) is 0.802. The van der Waals surface area contributed by atoms with Crippen LogP contribution in [0, 0.1) is 0 Å². The molecule has 100 valence electrons. The summed E-state index contributed by atoms with van der Waals surface area (Å²) >= 11 is 0. The molecule has 0 radical (unpaired) electrons. The van der Waals surface area contributed by atoms with Crippen LogP contribution in [0.25, 0.3) is 5.69 Å². The molecule has 1 aromatic heterocycles. The number of hydrogen-bond acceptors (Lipinski definition) is 3. The minimum atomic E-state index is -4.35. The number of Topliss-reactive ketones (excluding diaryl/α,β-unsaturated/α-hetero) is 1. The van der Waals surface area contributed by atoms with Crippen LogP contribution in [0.1, 0.15) is 23.3 Å². The van der Waals surface area contributed by atoms with E-state index in [0.29, 0.717) is 5.69 Å². The molecule has 1 heterocycles. The van der Waals surface area contributed by atoms with Gasteiger partial charge in [-0.25, -0.2) is 4.68 Å². The number of halogens is 3. The molecule has 0 atom stereocenters. The second-order valence-electron chi connectivity index (χ2n) is 3.90. The lowest BCUT2D eigenvalue weighted by Gasteiger charge is -2.07. The maximum absolute atomic E-state index is 12.1. The van der Waals surface area contributed by atoms with Crippen molar-refractivity contribution in [3.63, 3.8) is 0 Å². The molecule has 19 heavy (non-hydrogen) atoms. The third kappa shape index (κ3) is 3.40. The first kappa shape index (κ1) is 13.3. The number of carbonyl (C=O) groups excluding carboxylic acids is 1. The summed E-state index contributed by atoms with van der Waals surface area (Å²) < 4.78 is 37.5. The van der Waals surface area contributed by atoms with E-state index in [1.165, 1.54) is 10.9 Å². The Hall–Kier alpha value is -2.18. The highest BCUT2D eigenvalue weighted by Gasteiger charge is 2.29. The van der Waals surface area contributed by atoms with Crippen molar-refractivity contribution in [3.8, 4) is 5.69 Å². The van der Waals surface area contributed by atoms with Crippen molar-refractivity contribution in [3.05, 3.63) is 42.2 Å². The Morgan fingerprint density at radius 3 is 2.53 bits per heavy atom. The first-order chi connectivity index (χ1) is 8.97. The van der Waals surface area contributed by atoms with Crippen molar-refractivity contribution >= 4 is 5.78 Å². The van der Waals surface area contributed by atoms with Gasteiger partial charge in [-0.3, -0.25) is 4.79 Å². The molecule has 0 N–H and O–H groups in total. The molecular weight excluding hydrogens is 259 g/mol. The zero-order valence-corrected chi connectivity index (χ0v) is 9.76. The standard InChI is InChI=1S/C12H10F3N3O/c13-12(14,15)7-6-11(19)10-8-16-17-18(10)9-4-2-1-3-5-9/h1-5,8H,6-7H2. The van der Waals surface area contributed by atoms with Crippen LogP contribution in [0.3, 0.4) is 0 Å². The van der Waals surface area contributed by atoms with Crippen molar-refractivity contribution in [1.82, 2.24) is 15.0 Å². The van der Waals surface area contributed by atoms with Gasteiger partial charge in [0.2, 0.25) is 0 Å². The fourth-order valence-corrected chi connectivity index (χ4v) is 1.57. The van der Waals surface area contributed by atoms with Gasteiger partial charge in [0.05, 0.1) is 18.3 Å². The zero-order chi connectivity index (χ0) is 13.9. The summed E-state index contributed by atoms with van der Waals surface area (Å²) in [5.41, 5.74) is 0.630. The van der Waals surface area contributed by atoms with E-state index in [2.05, 4.69) is 10.3 Å². The Labute approximate surface area is 106 Å². The number of alkyl halides is 3. The summed E-state index contributed by atoms with van der Waals surface area (Å²) in [6.07, 6.45) is -4.93. The molecule has 2 aromatic rings. The summed E-state index contributed by atoms with van der Waals surface area (Å²) in [7, 11) is 0. The molecule has 0 aliphatic rings. The van der Waals surface area contributed by atoms with Gasteiger partial charge in [-0.15, -0.1) is 5.10 Å². The van der Waals surface area contributed by atoms with Gasteiger partial charge >= 0.3 is 6.18 Å². The Kier molecular flexibility index (Phi) is 3.64. The molecular formula is C12H10F3N3O. The SMILES string of the molecule is O=C(CCC(F)(F)F)c1cnnn1-c1ccccc1. The van der Waals surface area contributed by atoms with Gasteiger partial charge in [0.15, 0.2) is 5.78 Å². The van der Waals surface area contributed by atoms with Crippen LogP contribution < -0.4 is 0 Å². The number of para-hydroxylation sites is 1. The number of benzene rings is 1. The van der Waals surface area contributed by atoms with Crippen LogP contribution in [-0.2, 0) is 0 Å². The van der Waals surface area contributed by atoms with Gasteiger partial charge < -0.3 is 0 Å². The minimum Gasteiger partial charge on any atom is -0.292 e. The van der Waals surface area contributed by atoms with E-state index in [1.54, 1.807) is 30.3 Å². The van der Waals surface area contributed by atoms with Crippen LogP contribution in [0.4, 0.5) is 13.2 Å². The Morgan fingerprint density at radius 1 is 1.21 bits per heavy atom. The fraction of sp³-hybridized carbons (Fsp3) is 0.250. The molecule has 0 bridgehead atoms. The van der Waals surface area contributed by atoms with Gasteiger partial charge in [0.25, 0.3) is 0 Å². The molecule has 0 unspecified atom stereocenters. The van der Waals surface area contributed by atoms with E-state index >= 15 is 0 Å². The first-order valence-electron chi connectivity index (χ1n) is 5.53. The van der Waals surface area contributed by atoms with Crippen LogP contribution >= 0.6 is 0 Å². The van der Waals surface area contributed by atoms with E-state index in [9.17, 15) is 18.0 Å². The van der Waals surface area contributed by atoms with Gasteiger partial charge in [0, 0.05) is 6.42 Å². The van der Waals surface area contributed by atoms with Crippen molar-refractivity contribution in [2.75, 3.05) is 0 Å². The predicted octanol–water partition coefficient (Wildman–Crippen LogP) is 2.79. The molecule has 0 aliphatic heterocycles. The molecule has 0 fully saturated rings.